The third kappa shape index (κ3) is 2.06. The van der Waals surface area contributed by atoms with Crippen LogP contribution in [0.2, 0.25) is 0 Å². The molecule has 0 N–H and O–H groups in total. The maximum absolute atomic E-state index is 11.3. The minimum absolute atomic E-state index is 0.300. The van der Waals surface area contributed by atoms with Gasteiger partial charge in [0.05, 0.1) is 6.61 Å². The lowest BCUT2D eigenvalue weighted by atomic mass is 9.80. The number of carbonyl (C=O) groups excluding carboxylic acids is 1. The second-order valence-electron chi connectivity index (χ2n) is 4.44. The Balaban J connectivity index is 1.85. The second-order valence-corrected chi connectivity index (χ2v) is 4.44. The van der Waals surface area contributed by atoms with Gasteiger partial charge in [-0.1, -0.05) is 36.4 Å². The van der Waals surface area contributed by atoms with E-state index in [9.17, 15) is 4.79 Å². The summed E-state index contributed by atoms with van der Waals surface area (Å²) in [5.41, 5.74) is 6.13. The number of hydrogen-bond donors (Lipinski definition) is 0. The summed E-state index contributed by atoms with van der Waals surface area (Å²) in [5, 5.41) is 0. The summed E-state index contributed by atoms with van der Waals surface area (Å²) in [6.07, 6.45) is 3.26. The summed E-state index contributed by atoms with van der Waals surface area (Å²) in [6, 6.07) is 14.6. The highest BCUT2D eigenvalue weighted by atomic mass is 16.5. The van der Waals surface area contributed by atoms with Crippen LogP contribution in [-0.4, -0.2) is 12.6 Å². The molecular formula is C17H14O2. The fourth-order valence-electron chi connectivity index (χ4n) is 2.37. The highest BCUT2D eigenvalue weighted by Crippen LogP contribution is 2.47. The SMILES string of the molecule is CCOC(=O)/C=C/c1ccc2c(c1)-c1ccccc1-2. The molecule has 3 rings (SSSR count). The average Bonchev–Trinajstić information content (AvgIpc) is 2.43. The number of fused-ring (bicyclic) bond motifs is 4. The van der Waals surface area contributed by atoms with E-state index in [0.717, 1.165) is 5.56 Å². The van der Waals surface area contributed by atoms with Crippen molar-refractivity contribution < 1.29 is 9.53 Å². The van der Waals surface area contributed by atoms with Crippen LogP contribution in [-0.2, 0) is 9.53 Å². The maximum atomic E-state index is 11.3. The predicted molar refractivity (Wildman–Crippen MR) is 76.5 cm³/mol. The van der Waals surface area contributed by atoms with Crippen LogP contribution in [0.5, 0.6) is 0 Å². The van der Waals surface area contributed by atoms with Gasteiger partial charge in [-0.25, -0.2) is 4.79 Å². The molecule has 0 atom stereocenters. The third-order valence-electron chi connectivity index (χ3n) is 3.25. The molecule has 0 amide bonds. The van der Waals surface area contributed by atoms with E-state index >= 15 is 0 Å². The molecule has 0 bridgehead atoms. The number of carbonyl (C=O) groups is 1. The van der Waals surface area contributed by atoms with Gasteiger partial charge in [-0.05, 0) is 46.9 Å². The van der Waals surface area contributed by atoms with E-state index < -0.39 is 0 Å². The number of esters is 1. The van der Waals surface area contributed by atoms with Gasteiger partial charge in [0.1, 0.15) is 0 Å². The number of benzene rings is 2. The zero-order valence-electron chi connectivity index (χ0n) is 10.7. The van der Waals surface area contributed by atoms with Gasteiger partial charge >= 0.3 is 5.97 Å². The van der Waals surface area contributed by atoms with Crippen LogP contribution in [0.15, 0.2) is 48.5 Å². The van der Waals surface area contributed by atoms with Crippen molar-refractivity contribution in [2.24, 2.45) is 0 Å². The molecule has 0 spiro atoms. The molecule has 2 heteroatoms. The van der Waals surface area contributed by atoms with Crippen LogP contribution in [0.4, 0.5) is 0 Å². The molecule has 0 radical (unpaired) electrons. The van der Waals surface area contributed by atoms with Gasteiger partial charge in [-0.15, -0.1) is 0 Å². The van der Waals surface area contributed by atoms with Crippen LogP contribution in [0.1, 0.15) is 12.5 Å². The van der Waals surface area contributed by atoms with E-state index in [1.807, 2.05) is 12.1 Å². The first kappa shape index (κ1) is 11.7. The van der Waals surface area contributed by atoms with Gasteiger partial charge < -0.3 is 4.74 Å². The summed E-state index contributed by atoms with van der Waals surface area (Å²) in [5.74, 6) is -0.300. The van der Waals surface area contributed by atoms with E-state index in [1.54, 1.807) is 13.0 Å². The predicted octanol–water partition coefficient (Wildman–Crippen LogP) is 3.91. The van der Waals surface area contributed by atoms with Crippen molar-refractivity contribution in [2.75, 3.05) is 6.61 Å². The lowest BCUT2D eigenvalue weighted by Gasteiger charge is -2.23. The molecule has 94 valence electrons. The highest BCUT2D eigenvalue weighted by Gasteiger charge is 2.20. The van der Waals surface area contributed by atoms with Crippen molar-refractivity contribution in [2.45, 2.75) is 6.92 Å². The van der Waals surface area contributed by atoms with Crippen LogP contribution < -0.4 is 0 Å². The van der Waals surface area contributed by atoms with Crippen LogP contribution in [0, 0.1) is 0 Å². The number of hydrogen-bond acceptors (Lipinski definition) is 2. The molecule has 0 saturated heterocycles. The van der Waals surface area contributed by atoms with E-state index in [1.165, 1.54) is 28.3 Å². The van der Waals surface area contributed by atoms with E-state index in [2.05, 4.69) is 30.3 Å². The third-order valence-corrected chi connectivity index (χ3v) is 3.25. The zero-order valence-corrected chi connectivity index (χ0v) is 10.7. The summed E-state index contributed by atoms with van der Waals surface area (Å²) in [4.78, 5) is 11.3. The minimum Gasteiger partial charge on any atom is -0.463 e. The molecule has 2 aromatic rings. The highest BCUT2D eigenvalue weighted by molar-refractivity contribution is 6.03. The molecule has 0 aliphatic heterocycles. The summed E-state index contributed by atoms with van der Waals surface area (Å²) >= 11 is 0. The zero-order chi connectivity index (χ0) is 13.2. The van der Waals surface area contributed by atoms with Crippen LogP contribution >= 0.6 is 0 Å². The molecule has 2 aromatic carbocycles. The fourth-order valence-corrected chi connectivity index (χ4v) is 2.37. The fraction of sp³-hybridized carbons (Fsp3) is 0.118. The Morgan fingerprint density at radius 1 is 1.05 bits per heavy atom. The monoisotopic (exact) mass is 250 g/mol. The van der Waals surface area contributed by atoms with E-state index in [0.29, 0.717) is 6.61 Å². The summed E-state index contributed by atoms with van der Waals surface area (Å²) < 4.78 is 4.86. The van der Waals surface area contributed by atoms with Crippen molar-refractivity contribution in [3.05, 3.63) is 54.1 Å². The first-order chi connectivity index (χ1) is 9.29. The molecule has 2 nitrogen and oxygen atoms in total. The Bertz CT molecular complexity index is 669. The Morgan fingerprint density at radius 2 is 1.74 bits per heavy atom. The topological polar surface area (TPSA) is 26.3 Å². The summed E-state index contributed by atoms with van der Waals surface area (Å²) in [6.45, 7) is 2.20. The Labute approximate surface area is 112 Å². The first-order valence-electron chi connectivity index (χ1n) is 6.38. The molecule has 19 heavy (non-hydrogen) atoms. The first-order valence-corrected chi connectivity index (χ1v) is 6.38. The molecule has 0 aromatic heterocycles. The minimum atomic E-state index is -0.300. The molecular weight excluding hydrogens is 236 g/mol. The lowest BCUT2D eigenvalue weighted by Crippen LogP contribution is -1.99. The summed E-state index contributed by atoms with van der Waals surface area (Å²) in [7, 11) is 0. The smallest absolute Gasteiger partial charge is 0.330 e. The van der Waals surface area contributed by atoms with Gasteiger partial charge in [-0.2, -0.15) is 0 Å². The van der Waals surface area contributed by atoms with Crippen molar-refractivity contribution in [3.63, 3.8) is 0 Å². The number of rotatable bonds is 3. The van der Waals surface area contributed by atoms with E-state index in [4.69, 9.17) is 4.74 Å². The molecule has 0 heterocycles. The number of ether oxygens (including phenoxy) is 1. The Hall–Kier alpha value is -2.35. The Morgan fingerprint density at radius 3 is 2.47 bits per heavy atom. The van der Waals surface area contributed by atoms with Gasteiger partial charge in [-0.3, -0.25) is 0 Å². The average molecular weight is 250 g/mol. The van der Waals surface area contributed by atoms with Gasteiger partial charge in [0.2, 0.25) is 0 Å². The van der Waals surface area contributed by atoms with Crippen molar-refractivity contribution >= 4 is 12.0 Å². The molecule has 1 aliphatic rings. The van der Waals surface area contributed by atoms with Gasteiger partial charge in [0, 0.05) is 6.08 Å². The van der Waals surface area contributed by atoms with Crippen LogP contribution in [0.3, 0.4) is 0 Å². The molecule has 0 fully saturated rings. The largest absolute Gasteiger partial charge is 0.463 e. The molecule has 1 aliphatic carbocycles. The van der Waals surface area contributed by atoms with Crippen molar-refractivity contribution in [1.29, 1.82) is 0 Å². The standard InChI is InChI=1S/C17H14O2/c1-2-19-17(18)10-8-12-7-9-15-13-5-3-4-6-14(13)16(15)11-12/h3-11H,2H2,1H3/b10-8+. The second kappa shape index (κ2) is 4.73. The van der Waals surface area contributed by atoms with Crippen molar-refractivity contribution in [1.82, 2.24) is 0 Å². The van der Waals surface area contributed by atoms with Gasteiger partial charge in [0.15, 0.2) is 0 Å². The van der Waals surface area contributed by atoms with E-state index in [-0.39, 0.29) is 5.97 Å². The van der Waals surface area contributed by atoms with Crippen molar-refractivity contribution in [3.8, 4) is 22.3 Å². The Kier molecular flexibility index (Phi) is 2.92. The normalized spacial score (nSPS) is 11.6. The van der Waals surface area contributed by atoms with Crippen LogP contribution in [0.25, 0.3) is 28.3 Å². The lowest BCUT2D eigenvalue weighted by molar-refractivity contribution is -0.137. The quantitative estimate of drug-likeness (QED) is 0.520. The molecule has 0 saturated carbocycles. The van der Waals surface area contributed by atoms with Gasteiger partial charge in [0.25, 0.3) is 0 Å². The maximum Gasteiger partial charge on any atom is 0.330 e. The molecule has 0 unspecified atom stereocenters.